The second-order valence-electron chi connectivity index (χ2n) is 4.80. The Morgan fingerprint density at radius 2 is 1.94 bits per heavy atom. The third-order valence-corrected chi connectivity index (χ3v) is 3.60. The first-order valence-corrected chi connectivity index (χ1v) is 6.13. The fourth-order valence-corrected chi connectivity index (χ4v) is 2.63. The van der Waals surface area contributed by atoms with Crippen molar-refractivity contribution < 1.29 is 9.59 Å². The fourth-order valence-electron chi connectivity index (χ4n) is 2.63. The van der Waals surface area contributed by atoms with Gasteiger partial charge >= 0.3 is 6.03 Å². The average molecular weight is 245 g/mol. The molecule has 2 aliphatic rings. The van der Waals surface area contributed by atoms with E-state index in [1.165, 1.54) is 4.90 Å². The van der Waals surface area contributed by atoms with E-state index < -0.39 is 0 Å². The monoisotopic (exact) mass is 245 g/mol. The lowest BCUT2D eigenvalue weighted by Crippen LogP contribution is -2.32. The zero-order valence-electron chi connectivity index (χ0n) is 10.0. The summed E-state index contributed by atoms with van der Waals surface area (Å²) in [6.07, 6.45) is 1.72. The van der Waals surface area contributed by atoms with Crippen LogP contribution in [0.2, 0.25) is 0 Å². The van der Waals surface area contributed by atoms with Crippen molar-refractivity contribution in [3.8, 4) is 0 Å². The second-order valence-corrected chi connectivity index (χ2v) is 4.80. The number of rotatable bonds is 2. The van der Waals surface area contributed by atoms with Crippen LogP contribution in [0, 0.1) is 0 Å². The van der Waals surface area contributed by atoms with Crippen molar-refractivity contribution in [2.24, 2.45) is 0 Å². The first-order valence-electron chi connectivity index (χ1n) is 6.13. The molecule has 2 aliphatic heterocycles. The van der Waals surface area contributed by atoms with Crippen LogP contribution in [0.5, 0.6) is 0 Å². The van der Waals surface area contributed by atoms with E-state index in [1.807, 2.05) is 12.1 Å². The molecule has 94 valence electrons. The Balaban J connectivity index is 1.79. The van der Waals surface area contributed by atoms with Crippen LogP contribution in [-0.2, 0) is 11.3 Å². The Hall–Kier alpha value is -2.04. The Morgan fingerprint density at radius 1 is 1.22 bits per heavy atom. The molecule has 5 heteroatoms. The van der Waals surface area contributed by atoms with Crippen LogP contribution in [0.15, 0.2) is 24.3 Å². The minimum absolute atomic E-state index is 0.0608. The Labute approximate surface area is 105 Å². The molecule has 1 aromatic carbocycles. The van der Waals surface area contributed by atoms with Crippen molar-refractivity contribution >= 4 is 17.6 Å². The first-order chi connectivity index (χ1) is 8.66. The third-order valence-electron chi connectivity index (χ3n) is 3.60. The van der Waals surface area contributed by atoms with Crippen LogP contribution in [0.1, 0.15) is 18.4 Å². The van der Waals surface area contributed by atoms with Crippen molar-refractivity contribution in [1.29, 1.82) is 0 Å². The number of amides is 3. The number of anilines is 1. The highest BCUT2D eigenvalue weighted by atomic mass is 16.2. The van der Waals surface area contributed by atoms with Crippen molar-refractivity contribution in [1.82, 2.24) is 9.80 Å². The normalized spacial score (nSPS) is 22.8. The van der Waals surface area contributed by atoms with Crippen LogP contribution < -0.4 is 5.73 Å². The SMILES string of the molecule is Nc1ccc(CN2C(=O)C3CCCN3C2=O)cc1. The molecule has 2 N–H and O–H groups in total. The predicted molar refractivity (Wildman–Crippen MR) is 66.5 cm³/mol. The molecule has 1 atom stereocenters. The number of hydrogen-bond donors (Lipinski definition) is 1. The van der Waals surface area contributed by atoms with Crippen molar-refractivity contribution in [3.63, 3.8) is 0 Å². The van der Waals surface area contributed by atoms with Gasteiger partial charge in [-0.25, -0.2) is 4.79 Å². The molecule has 18 heavy (non-hydrogen) atoms. The summed E-state index contributed by atoms with van der Waals surface area (Å²) in [6, 6.07) is 6.88. The number of nitrogens with two attached hydrogens (primary N) is 1. The molecule has 2 fully saturated rings. The highest BCUT2D eigenvalue weighted by Gasteiger charge is 2.46. The van der Waals surface area contributed by atoms with E-state index in [4.69, 9.17) is 5.73 Å². The molecule has 5 nitrogen and oxygen atoms in total. The molecule has 3 rings (SSSR count). The van der Waals surface area contributed by atoms with E-state index in [0.29, 0.717) is 18.8 Å². The smallest absolute Gasteiger partial charge is 0.327 e. The molecule has 0 aromatic heterocycles. The summed E-state index contributed by atoms with van der Waals surface area (Å²) < 4.78 is 0. The molecule has 0 bridgehead atoms. The number of hydrogen-bond acceptors (Lipinski definition) is 3. The van der Waals surface area contributed by atoms with E-state index in [0.717, 1.165) is 18.4 Å². The van der Waals surface area contributed by atoms with Gasteiger partial charge in [-0.3, -0.25) is 9.69 Å². The molecule has 3 amide bonds. The fraction of sp³-hybridized carbons (Fsp3) is 0.385. The number of imide groups is 1. The van der Waals surface area contributed by atoms with Crippen molar-refractivity contribution in [2.75, 3.05) is 12.3 Å². The van der Waals surface area contributed by atoms with Gasteiger partial charge in [0.25, 0.3) is 5.91 Å². The van der Waals surface area contributed by atoms with Gasteiger partial charge in [-0.05, 0) is 30.5 Å². The Morgan fingerprint density at radius 3 is 2.61 bits per heavy atom. The molecular formula is C13H15N3O2. The largest absolute Gasteiger partial charge is 0.399 e. The summed E-state index contributed by atoms with van der Waals surface area (Å²) >= 11 is 0. The molecule has 1 unspecified atom stereocenters. The van der Waals surface area contributed by atoms with Crippen molar-refractivity contribution in [3.05, 3.63) is 29.8 Å². The number of carbonyl (C=O) groups is 2. The molecule has 0 spiro atoms. The lowest BCUT2D eigenvalue weighted by molar-refractivity contribution is -0.128. The maximum atomic E-state index is 12.1. The van der Waals surface area contributed by atoms with Crippen LogP contribution in [0.25, 0.3) is 0 Å². The number of benzene rings is 1. The number of nitrogens with zero attached hydrogens (tertiary/aromatic N) is 2. The van der Waals surface area contributed by atoms with E-state index in [-0.39, 0.29) is 18.0 Å². The molecule has 1 aromatic rings. The summed E-state index contributed by atoms with van der Waals surface area (Å²) in [4.78, 5) is 27.2. The number of fused-ring (bicyclic) bond motifs is 1. The van der Waals surface area contributed by atoms with Gasteiger partial charge in [0, 0.05) is 12.2 Å². The van der Waals surface area contributed by atoms with E-state index in [2.05, 4.69) is 0 Å². The topological polar surface area (TPSA) is 66.6 Å². The van der Waals surface area contributed by atoms with Gasteiger partial charge < -0.3 is 10.6 Å². The van der Waals surface area contributed by atoms with Gasteiger partial charge in [0.2, 0.25) is 0 Å². The Kier molecular flexibility index (Phi) is 2.47. The van der Waals surface area contributed by atoms with Gasteiger partial charge in [0.1, 0.15) is 6.04 Å². The molecule has 0 aliphatic carbocycles. The molecule has 2 saturated heterocycles. The number of nitrogen functional groups attached to an aromatic ring is 1. The quantitative estimate of drug-likeness (QED) is 0.628. The van der Waals surface area contributed by atoms with Gasteiger partial charge in [0.05, 0.1) is 6.54 Å². The third kappa shape index (κ3) is 1.63. The van der Waals surface area contributed by atoms with Gasteiger partial charge in [-0.15, -0.1) is 0 Å². The van der Waals surface area contributed by atoms with E-state index in [9.17, 15) is 9.59 Å². The molecular weight excluding hydrogens is 230 g/mol. The summed E-state index contributed by atoms with van der Waals surface area (Å²) in [5.41, 5.74) is 7.21. The molecule has 2 heterocycles. The number of carbonyl (C=O) groups excluding carboxylic acids is 2. The summed E-state index contributed by atoms with van der Waals surface area (Å²) in [5, 5.41) is 0. The van der Waals surface area contributed by atoms with Crippen LogP contribution >= 0.6 is 0 Å². The van der Waals surface area contributed by atoms with Crippen LogP contribution in [0.3, 0.4) is 0 Å². The summed E-state index contributed by atoms with van der Waals surface area (Å²) in [6.45, 7) is 1.04. The number of urea groups is 1. The first kappa shape index (κ1) is 11.1. The standard InChI is InChI=1S/C13H15N3O2/c14-10-5-3-9(4-6-10)8-16-12(17)11-2-1-7-15(11)13(16)18/h3-6,11H,1-2,7-8,14H2. The van der Waals surface area contributed by atoms with Crippen LogP contribution in [-0.4, -0.2) is 34.3 Å². The minimum atomic E-state index is -0.216. The minimum Gasteiger partial charge on any atom is -0.399 e. The zero-order valence-corrected chi connectivity index (χ0v) is 10.0. The van der Waals surface area contributed by atoms with E-state index in [1.54, 1.807) is 17.0 Å². The maximum absolute atomic E-state index is 12.1. The second kappa shape index (κ2) is 4.01. The lowest BCUT2D eigenvalue weighted by atomic mass is 10.2. The molecule has 0 radical (unpaired) electrons. The molecule has 0 saturated carbocycles. The summed E-state index contributed by atoms with van der Waals surface area (Å²) in [5.74, 6) is -0.0608. The van der Waals surface area contributed by atoms with Gasteiger partial charge in [-0.2, -0.15) is 0 Å². The Bertz CT molecular complexity index is 475. The predicted octanol–water partition coefficient (Wildman–Crippen LogP) is 1.20. The summed E-state index contributed by atoms with van der Waals surface area (Å²) in [7, 11) is 0. The lowest BCUT2D eigenvalue weighted by Gasteiger charge is -2.15. The van der Waals surface area contributed by atoms with Gasteiger partial charge in [0.15, 0.2) is 0 Å². The maximum Gasteiger partial charge on any atom is 0.327 e. The van der Waals surface area contributed by atoms with Crippen LogP contribution in [0.4, 0.5) is 10.5 Å². The van der Waals surface area contributed by atoms with E-state index >= 15 is 0 Å². The van der Waals surface area contributed by atoms with Crippen molar-refractivity contribution in [2.45, 2.75) is 25.4 Å². The highest BCUT2D eigenvalue weighted by molar-refractivity contribution is 6.04. The van der Waals surface area contributed by atoms with Gasteiger partial charge in [-0.1, -0.05) is 12.1 Å². The highest BCUT2D eigenvalue weighted by Crippen LogP contribution is 2.28. The average Bonchev–Trinajstić information content (AvgIpc) is 2.92. The zero-order chi connectivity index (χ0) is 12.7.